The molecule has 1 aromatic rings. The molecule has 78 valence electrons. The van der Waals surface area contributed by atoms with Crippen molar-refractivity contribution >= 4 is 9.84 Å². The molecule has 2 N–H and O–H groups in total. The van der Waals surface area contributed by atoms with Gasteiger partial charge in [0.25, 0.3) is 0 Å². The Hall–Kier alpha value is -0.880. The normalized spacial score (nSPS) is 21.6. The van der Waals surface area contributed by atoms with Crippen LogP contribution in [0.3, 0.4) is 0 Å². The fourth-order valence-electron chi connectivity index (χ4n) is 1.61. The minimum absolute atomic E-state index is 0.0166. The Morgan fingerprint density at radius 1 is 1.57 bits per heavy atom. The molecule has 0 fully saturated rings. The predicted molar refractivity (Wildman–Crippen MR) is 50.3 cm³/mol. The summed E-state index contributed by atoms with van der Waals surface area (Å²) in [6.45, 7) is 1.75. The number of fused-ring (bicyclic) bond motifs is 1. The second kappa shape index (κ2) is 3.06. The molecule has 0 spiro atoms. The molecule has 6 heteroatoms. The molecule has 1 unspecified atom stereocenters. The maximum absolute atomic E-state index is 11.4. The van der Waals surface area contributed by atoms with Crippen LogP contribution in [-0.2, 0) is 22.0 Å². The molecule has 0 saturated carbocycles. The summed E-state index contributed by atoms with van der Waals surface area (Å²) < 4.78 is 27.8. The molecular weight excluding hydrogens is 204 g/mol. The Balaban J connectivity index is 2.48. The van der Waals surface area contributed by atoms with Crippen molar-refractivity contribution in [3.8, 4) is 0 Å². The minimum atomic E-state index is -2.98. The summed E-state index contributed by atoms with van der Waals surface area (Å²) in [6.07, 6.45) is 0.438. The fraction of sp³-hybridized carbons (Fsp3) is 0.625. The summed E-state index contributed by atoms with van der Waals surface area (Å²) in [5.41, 5.74) is 7.06. The number of nitrogens with zero attached hydrogens (tertiary/aromatic N) is 1. The number of hydrogen-bond donors (Lipinski definition) is 1. The van der Waals surface area contributed by atoms with Crippen molar-refractivity contribution in [2.75, 3.05) is 5.75 Å². The average Bonchev–Trinajstić information content (AvgIpc) is 2.44. The number of rotatable bonds is 1. The number of aryl methyl sites for hydroxylation is 1. The van der Waals surface area contributed by atoms with Gasteiger partial charge in [-0.15, -0.1) is 0 Å². The third kappa shape index (κ3) is 1.55. The van der Waals surface area contributed by atoms with E-state index in [-0.39, 0.29) is 17.5 Å². The van der Waals surface area contributed by atoms with E-state index in [1.165, 1.54) is 0 Å². The Morgan fingerprint density at radius 3 is 2.93 bits per heavy atom. The molecule has 1 atom stereocenters. The van der Waals surface area contributed by atoms with Crippen LogP contribution in [0.25, 0.3) is 0 Å². The second-order valence-corrected chi connectivity index (χ2v) is 5.79. The molecule has 1 aliphatic heterocycles. The Kier molecular flexibility index (Phi) is 2.11. The third-order valence-electron chi connectivity index (χ3n) is 2.33. The largest absolute Gasteiger partial charge is 0.359 e. The summed E-state index contributed by atoms with van der Waals surface area (Å²) in [4.78, 5) is 0. The lowest BCUT2D eigenvalue weighted by Crippen LogP contribution is -2.20. The molecule has 5 nitrogen and oxygen atoms in total. The van der Waals surface area contributed by atoms with Gasteiger partial charge in [-0.25, -0.2) is 8.42 Å². The van der Waals surface area contributed by atoms with E-state index < -0.39 is 9.84 Å². The summed E-state index contributed by atoms with van der Waals surface area (Å²) >= 11 is 0. The molecule has 14 heavy (non-hydrogen) atoms. The first-order valence-corrected chi connectivity index (χ1v) is 6.25. The Morgan fingerprint density at radius 2 is 2.29 bits per heavy atom. The van der Waals surface area contributed by atoms with Crippen LogP contribution in [-0.4, -0.2) is 19.3 Å². The van der Waals surface area contributed by atoms with Gasteiger partial charge in [-0.2, -0.15) is 0 Å². The molecule has 1 aliphatic rings. The van der Waals surface area contributed by atoms with Gasteiger partial charge in [0, 0.05) is 12.0 Å². The van der Waals surface area contributed by atoms with Gasteiger partial charge in [0.2, 0.25) is 0 Å². The second-order valence-electron chi connectivity index (χ2n) is 3.60. The van der Waals surface area contributed by atoms with Crippen molar-refractivity contribution < 1.29 is 12.9 Å². The first-order chi connectivity index (χ1) is 6.49. The molecule has 1 aromatic heterocycles. The van der Waals surface area contributed by atoms with Gasteiger partial charge >= 0.3 is 0 Å². The topological polar surface area (TPSA) is 86.2 Å². The van der Waals surface area contributed by atoms with Gasteiger partial charge in [0.1, 0.15) is 0 Å². The Labute approximate surface area is 82.2 Å². The van der Waals surface area contributed by atoms with Crippen LogP contribution in [0.2, 0.25) is 0 Å². The number of sulfone groups is 1. The molecule has 0 radical (unpaired) electrons. The van der Waals surface area contributed by atoms with Crippen molar-refractivity contribution in [1.29, 1.82) is 0 Å². The van der Waals surface area contributed by atoms with Crippen LogP contribution in [0, 0.1) is 0 Å². The molecule has 0 bridgehead atoms. The lowest BCUT2D eigenvalue weighted by molar-refractivity contribution is 0.362. The van der Waals surface area contributed by atoms with E-state index in [0.717, 1.165) is 5.69 Å². The first-order valence-electron chi connectivity index (χ1n) is 4.43. The summed E-state index contributed by atoms with van der Waals surface area (Å²) in [7, 11) is -2.98. The maximum atomic E-state index is 11.4. The van der Waals surface area contributed by atoms with Crippen LogP contribution in [0.5, 0.6) is 0 Å². The van der Waals surface area contributed by atoms with E-state index >= 15 is 0 Å². The molecule has 0 aromatic carbocycles. The highest BCUT2D eigenvalue weighted by atomic mass is 32.2. The summed E-state index contributed by atoms with van der Waals surface area (Å²) in [5, 5.41) is 3.82. The highest BCUT2D eigenvalue weighted by Crippen LogP contribution is 2.26. The molecule has 0 saturated heterocycles. The van der Waals surface area contributed by atoms with Gasteiger partial charge < -0.3 is 10.3 Å². The third-order valence-corrected chi connectivity index (χ3v) is 3.88. The summed E-state index contributed by atoms with van der Waals surface area (Å²) in [6, 6.07) is -0.306. The minimum Gasteiger partial charge on any atom is -0.359 e. The van der Waals surface area contributed by atoms with Gasteiger partial charge in [0.05, 0.1) is 23.2 Å². The number of aromatic nitrogens is 1. The van der Waals surface area contributed by atoms with Crippen molar-refractivity contribution in [1.82, 2.24) is 5.16 Å². The summed E-state index contributed by atoms with van der Waals surface area (Å²) in [5.74, 6) is 0.677. The van der Waals surface area contributed by atoms with Crippen LogP contribution in [0.15, 0.2) is 4.52 Å². The highest BCUT2D eigenvalue weighted by molar-refractivity contribution is 7.90. The van der Waals surface area contributed by atoms with Gasteiger partial charge in [-0.3, -0.25) is 0 Å². The van der Waals surface area contributed by atoms with Crippen LogP contribution < -0.4 is 5.73 Å². The van der Waals surface area contributed by atoms with E-state index in [9.17, 15) is 8.42 Å². The van der Waals surface area contributed by atoms with Crippen molar-refractivity contribution in [3.05, 3.63) is 17.0 Å². The highest BCUT2D eigenvalue weighted by Gasteiger charge is 2.28. The van der Waals surface area contributed by atoms with E-state index in [1.807, 2.05) is 0 Å². The lowest BCUT2D eigenvalue weighted by atomic mass is 10.1. The van der Waals surface area contributed by atoms with E-state index in [0.29, 0.717) is 17.7 Å². The molecular formula is C8H12N2O3S. The monoisotopic (exact) mass is 216 g/mol. The van der Waals surface area contributed by atoms with Gasteiger partial charge in [0.15, 0.2) is 15.6 Å². The van der Waals surface area contributed by atoms with Crippen LogP contribution in [0.1, 0.15) is 30.0 Å². The van der Waals surface area contributed by atoms with E-state index in [1.54, 1.807) is 6.92 Å². The average molecular weight is 216 g/mol. The zero-order chi connectivity index (χ0) is 10.3. The maximum Gasteiger partial charge on any atom is 0.157 e. The molecule has 2 rings (SSSR count). The van der Waals surface area contributed by atoms with E-state index in [4.69, 9.17) is 10.3 Å². The first kappa shape index (κ1) is 9.67. The predicted octanol–water partition coefficient (Wildman–Crippen LogP) is 0.165. The van der Waals surface area contributed by atoms with Crippen molar-refractivity contribution in [3.63, 3.8) is 0 Å². The van der Waals surface area contributed by atoms with E-state index in [2.05, 4.69) is 5.16 Å². The van der Waals surface area contributed by atoms with Crippen molar-refractivity contribution in [2.24, 2.45) is 5.73 Å². The van der Waals surface area contributed by atoms with Crippen LogP contribution >= 0.6 is 0 Å². The SMILES string of the molecule is CC(N)c1onc2c1CS(=O)(=O)CC2. The number of hydrogen-bond acceptors (Lipinski definition) is 5. The molecule has 0 amide bonds. The standard InChI is InChI=1S/C8H12N2O3S/c1-5(9)8-6-4-14(11,12)3-2-7(6)10-13-8/h5H,2-4,9H2,1H3. The van der Waals surface area contributed by atoms with Crippen molar-refractivity contribution in [2.45, 2.75) is 25.1 Å². The fourth-order valence-corrected chi connectivity index (χ4v) is 3.01. The van der Waals surface area contributed by atoms with Gasteiger partial charge in [-0.05, 0) is 6.92 Å². The quantitative estimate of drug-likeness (QED) is 0.723. The zero-order valence-electron chi connectivity index (χ0n) is 7.86. The molecule has 2 heterocycles. The lowest BCUT2D eigenvalue weighted by Gasteiger charge is -2.11. The molecule has 0 aliphatic carbocycles. The Bertz CT molecular complexity index is 447. The number of nitrogens with two attached hydrogens (primary N) is 1. The smallest absolute Gasteiger partial charge is 0.157 e. The van der Waals surface area contributed by atoms with Gasteiger partial charge in [-0.1, -0.05) is 5.16 Å². The van der Waals surface area contributed by atoms with Crippen LogP contribution in [0.4, 0.5) is 0 Å². The zero-order valence-corrected chi connectivity index (χ0v) is 8.67.